The van der Waals surface area contributed by atoms with E-state index < -0.39 is 0 Å². The molecule has 1 aromatic carbocycles. The van der Waals surface area contributed by atoms with Gasteiger partial charge >= 0.3 is 0 Å². The summed E-state index contributed by atoms with van der Waals surface area (Å²) in [5.41, 5.74) is 3.33. The number of benzene rings is 1. The van der Waals surface area contributed by atoms with Crippen LogP contribution in [-0.4, -0.2) is 14.5 Å². The fraction of sp³-hybridized carbons (Fsp3) is 0.133. The topological polar surface area (TPSA) is 51.3 Å². The van der Waals surface area contributed by atoms with Crippen LogP contribution in [0.3, 0.4) is 0 Å². The lowest BCUT2D eigenvalue weighted by Gasteiger charge is -2.13. The second kappa shape index (κ2) is 6.28. The second-order valence-corrected chi connectivity index (χ2v) is 7.58. The fourth-order valence-electron chi connectivity index (χ4n) is 2.03. The average molecular weight is 345 g/mol. The highest BCUT2D eigenvalue weighted by atomic mass is 32.2. The minimum atomic E-state index is 0.584. The largest absolute Gasteiger partial charge is 0.334 e. The van der Waals surface area contributed by atoms with Crippen LogP contribution in [0.5, 0.6) is 0 Å². The molecule has 0 bridgehead atoms. The van der Waals surface area contributed by atoms with Crippen molar-refractivity contribution >= 4 is 44.9 Å². The minimum absolute atomic E-state index is 0.584. The van der Waals surface area contributed by atoms with Crippen molar-refractivity contribution in [2.24, 2.45) is 4.99 Å². The number of nitrogens with zero attached hydrogens (tertiary/aromatic N) is 3. The third-order valence-electron chi connectivity index (χ3n) is 3.12. The number of fused-ring (bicyclic) bond motifs is 1. The molecule has 0 saturated heterocycles. The second-order valence-electron chi connectivity index (χ2n) is 4.61. The zero-order valence-electron chi connectivity index (χ0n) is 11.4. The van der Waals surface area contributed by atoms with E-state index in [1.807, 2.05) is 22.9 Å². The number of hydrogen-bond donors (Lipinski definition) is 0. The number of rotatable bonds is 3. The summed E-state index contributed by atoms with van der Waals surface area (Å²) in [6.45, 7) is 0. The first-order valence-corrected chi connectivity index (χ1v) is 9.57. The van der Waals surface area contributed by atoms with Gasteiger partial charge in [0.2, 0.25) is 0 Å². The van der Waals surface area contributed by atoms with Crippen molar-refractivity contribution in [2.45, 2.75) is 11.5 Å². The third-order valence-corrected chi connectivity index (χ3v) is 6.04. The van der Waals surface area contributed by atoms with Gasteiger partial charge in [0.15, 0.2) is 5.82 Å². The Bertz CT molecular complexity index is 811. The molecule has 110 valence electrons. The first-order chi connectivity index (χ1) is 10.9. The Kier molecular flexibility index (Phi) is 4.01. The lowest BCUT2D eigenvalue weighted by Crippen LogP contribution is -1.96. The Morgan fingerprint density at radius 3 is 3.09 bits per heavy atom. The minimum Gasteiger partial charge on any atom is -0.334 e. The number of thiophene rings is 1. The molecule has 4 rings (SSSR count). The van der Waals surface area contributed by atoms with Crippen molar-refractivity contribution in [3.63, 3.8) is 0 Å². The van der Waals surface area contributed by atoms with E-state index in [9.17, 15) is 0 Å². The summed E-state index contributed by atoms with van der Waals surface area (Å²) in [7, 11) is 0. The van der Waals surface area contributed by atoms with E-state index in [-0.39, 0.29) is 0 Å². The average Bonchev–Trinajstić information content (AvgIpc) is 3.24. The monoisotopic (exact) mass is 345 g/mol. The van der Waals surface area contributed by atoms with Gasteiger partial charge in [-0.15, -0.1) is 0 Å². The molecule has 22 heavy (non-hydrogen) atoms. The molecule has 2 aromatic heterocycles. The molecule has 3 aromatic rings. The Labute approximate surface area is 140 Å². The third kappa shape index (κ3) is 2.97. The van der Waals surface area contributed by atoms with E-state index >= 15 is 0 Å². The molecule has 7 heteroatoms. The van der Waals surface area contributed by atoms with Crippen molar-refractivity contribution in [1.82, 2.24) is 10.1 Å². The van der Waals surface area contributed by atoms with Crippen molar-refractivity contribution in [1.29, 1.82) is 0 Å². The molecule has 0 atom stereocenters. The molecular formula is C15H11N3OS3. The number of aliphatic imine (C=N–C) groups is 1. The highest BCUT2D eigenvalue weighted by Gasteiger charge is 2.15. The summed E-state index contributed by atoms with van der Waals surface area (Å²) in [6, 6.07) is 10.2. The summed E-state index contributed by atoms with van der Waals surface area (Å²) >= 11 is 5.03. The van der Waals surface area contributed by atoms with E-state index in [4.69, 9.17) is 4.52 Å². The molecule has 0 aliphatic carbocycles. The zero-order valence-corrected chi connectivity index (χ0v) is 13.9. The summed E-state index contributed by atoms with van der Waals surface area (Å²) in [4.78, 5) is 9.10. The van der Waals surface area contributed by atoms with Gasteiger partial charge in [0.1, 0.15) is 4.38 Å². The van der Waals surface area contributed by atoms with E-state index in [0.717, 1.165) is 21.4 Å². The maximum absolute atomic E-state index is 5.29. The molecule has 0 saturated carbocycles. The number of thioether (sulfide) groups is 2. The molecule has 1 aliphatic heterocycles. The van der Waals surface area contributed by atoms with Crippen LogP contribution >= 0.6 is 34.9 Å². The van der Waals surface area contributed by atoms with Crippen LogP contribution in [0.25, 0.3) is 11.5 Å². The first kappa shape index (κ1) is 14.0. The highest BCUT2D eigenvalue weighted by molar-refractivity contribution is 8.38. The van der Waals surface area contributed by atoms with E-state index in [1.54, 1.807) is 34.9 Å². The van der Waals surface area contributed by atoms with Gasteiger partial charge in [-0.25, -0.2) is 4.99 Å². The Hall–Kier alpha value is -1.57. The molecule has 0 fully saturated rings. The van der Waals surface area contributed by atoms with Crippen LogP contribution in [0.1, 0.15) is 11.4 Å². The van der Waals surface area contributed by atoms with Crippen molar-refractivity contribution in [3.05, 3.63) is 52.5 Å². The van der Waals surface area contributed by atoms with Gasteiger partial charge in [0.25, 0.3) is 5.89 Å². The Balaban J connectivity index is 1.44. The van der Waals surface area contributed by atoms with Crippen molar-refractivity contribution < 1.29 is 4.52 Å². The first-order valence-electron chi connectivity index (χ1n) is 6.66. The van der Waals surface area contributed by atoms with Crippen LogP contribution in [0.15, 0.2) is 50.6 Å². The Morgan fingerprint density at radius 1 is 1.23 bits per heavy atom. The fourth-order valence-corrected chi connectivity index (χ4v) is 4.56. The predicted molar refractivity (Wildman–Crippen MR) is 93.7 cm³/mol. The molecule has 0 radical (unpaired) electrons. The lowest BCUT2D eigenvalue weighted by molar-refractivity contribution is 0.425. The quantitative estimate of drug-likeness (QED) is 0.671. The number of aromatic nitrogens is 2. The molecule has 0 N–H and O–H groups in total. The van der Waals surface area contributed by atoms with E-state index in [1.165, 1.54) is 5.56 Å². The summed E-state index contributed by atoms with van der Waals surface area (Å²) in [5.74, 6) is 2.92. The summed E-state index contributed by atoms with van der Waals surface area (Å²) in [6.07, 6.45) is 0. The predicted octanol–water partition coefficient (Wildman–Crippen LogP) is 4.97. The van der Waals surface area contributed by atoms with Crippen molar-refractivity contribution in [2.75, 3.05) is 0 Å². The van der Waals surface area contributed by atoms with Gasteiger partial charge in [0.05, 0.1) is 17.0 Å². The SMILES string of the molecule is c1ccc2c(c1)CSC(SCc1noc(-c3ccsc3)n1)=N2. The summed E-state index contributed by atoms with van der Waals surface area (Å²) in [5, 5.41) is 8.04. The molecular weight excluding hydrogens is 334 g/mol. The molecule has 0 spiro atoms. The molecule has 0 amide bonds. The van der Waals surface area contributed by atoms with Gasteiger partial charge in [-0.1, -0.05) is 46.9 Å². The smallest absolute Gasteiger partial charge is 0.258 e. The maximum Gasteiger partial charge on any atom is 0.258 e. The van der Waals surface area contributed by atoms with Gasteiger partial charge in [-0.05, 0) is 23.1 Å². The number of para-hydroxylation sites is 1. The standard InChI is InChI=1S/C15H11N3OS3/c1-2-4-12-10(3-1)8-21-15(16-12)22-9-13-17-14(19-18-13)11-5-6-20-7-11/h1-7H,8-9H2. The van der Waals surface area contributed by atoms with Crippen LogP contribution < -0.4 is 0 Å². The highest BCUT2D eigenvalue weighted by Crippen LogP contribution is 2.35. The van der Waals surface area contributed by atoms with Crippen LogP contribution in [-0.2, 0) is 11.5 Å². The molecule has 3 heterocycles. The van der Waals surface area contributed by atoms with Crippen LogP contribution in [0.4, 0.5) is 5.69 Å². The van der Waals surface area contributed by atoms with E-state index in [0.29, 0.717) is 17.5 Å². The Morgan fingerprint density at radius 2 is 2.18 bits per heavy atom. The van der Waals surface area contributed by atoms with E-state index in [2.05, 4.69) is 33.3 Å². The lowest BCUT2D eigenvalue weighted by atomic mass is 10.2. The molecule has 1 aliphatic rings. The van der Waals surface area contributed by atoms with Crippen LogP contribution in [0, 0.1) is 0 Å². The van der Waals surface area contributed by atoms with Gasteiger partial charge in [0, 0.05) is 11.1 Å². The van der Waals surface area contributed by atoms with Gasteiger partial charge in [-0.3, -0.25) is 0 Å². The maximum atomic E-state index is 5.29. The molecule has 4 nitrogen and oxygen atoms in total. The molecule has 0 unspecified atom stereocenters. The van der Waals surface area contributed by atoms with Gasteiger partial charge in [-0.2, -0.15) is 16.3 Å². The number of hydrogen-bond acceptors (Lipinski definition) is 7. The normalized spacial score (nSPS) is 13.7. The van der Waals surface area contributed by atoms with Crippen LogP contribution in [0.2, 0.25) is 0 Å². The van der Waals surface area contributed by atoms with Gasteiger partial charge < -0.3 is 4.52 Å². The van der Waals surface area contributed by atoms with Crippen molar-refractivity contribution in [3.8, 4) is 11.5 Å². The summed E-state index contributed by atoms with van der Waals surface area (Å²) < 4.78 is 6.35. The zero-order chi connectivity index (χ0) is 14.8.